The van der Waals surface area contributed by atoms with E-state index in [-0.39, 0.29) is 0 Å². The highest BCUT2D eigenvalue weighted by molar-refractivity contribution is 7.14. The van der Waals surface area contributed by atoms with E-state index in [0.29, 0.717) is 6.04 Å². The first-order valence-corrected chi connectivity index (χ1v) is 5.96. The number of rotatable bonds is 4. The molecule has 0 bridgehead atoms. The summed E-state index contributed by atoms with van der Waals surface area (Å²) in [4.78, 5) is 0. The maximum absolute atomic E-state index is 5.87. The lowest BCUT2D eigenvalue weighted by atomic mass is 10.2. The second-order valence-corrected chi connectivity index (χ2v) is 5.14. The van der Waals surface area contributed by atoms with Crippen LogP contribution >= 0.6 is 22.9 Å². The van der Waals surface area contributed by atoms with Crippen LogP contribution in [0.2, 0.25) is 4.34 Å². The van der Waals surface area contributed by atoms with Gasteiger partial charge in [0.05, 0.1) is 4.34 Å². The van der Waals surface area contributed by atoms with Crippen molar-refractivity contribution in [2.45, 2.75) is 26.8 Å². The van der Waals surface area contributed by atoms with Crippen molar-refractivity contribution in [3.05, 3.63) is 33.0 Å². The summed E-state index contributed by atoms with van der Waals surface area (Å²) in [7, 11) is 0. The lowest BCUT2D eigenvalue weighted by molar-refractivity contribution is 0.618. The van der Waals surface area contributed by atoms with E-state index in [1.54, 1.807) is 11.3 Å². The van der Waals surface area contributed by atoms with Crippen molar-refractivity contribution in [2.24, 2.45) is 0 Å². The molecule has 1 heterocycles. The number of allylic oxidation sites excluding steroid dienone is 1. The molecule has 1 N–H and O–H groups in total. The van der Waals surface area contributed by atoms with Gasteiger partial charge in [0, 0.05) is 12.6 Å². The number of hydrogen-bond acceptors (Lipinski definition) is 2. The van der Waals surface area contributed by atoms with Gasteiger partial charge in [0.1, 0.15) is 0 Å². The summed E-state index contributed by atoms with van der Waals surface area (Å²) in [5, 5.41) is 5.51. The summed E-state index contributed by atoms with van der Waals surface area (Å²) in [5.74, 6) is 0. The minimum atomic E-state index is 0.370. The highest BCUT2D eigenvalue weighted by atomic mass is 35.5. The first kappa shape index (κ1) is 11.8. The second-order valence-electron chi connectivity index (χ2n) is 3.60. The summed E-state index contributed by atoms with van der Waals surface area (Å²) in [6.07, 6.45) is 2.18. The van der Waals surface area contributed by atoms with Crippen molar-refractivity contribution < 1.29 is 0 Å². The Hall–Kier alpha value is -0.310. The second kappa shape index (κ2) is 5.54. The molecule has 14 heavy (non-hydrogen) atoms. The lowest BCUT2D eigenvalue weighted by Crippen LogP contribution is -2.18. The Kier molecular flexibility index (Phi) is 4.66. The molecule has 1 rings (SSSR count). The Morgan fingerprint density at radius 2 is 2.36 bits per heavy atom. The molecule has 3 heteroatoms. The van der Waals surface area contributed by atoms with Crippen LogP contribution < -0.4 is 5.32 Å². The van der Waals surface area contributed by atoms with Crippen LogP contribution in [0.1, 0.15) is 32.4 Å². The Bertz CT molecular complexity index is 313. The summed E-state index contributed by atoms with van der Waals surface area (Å²) >= 11 is 7.45. The largest absolute Gasteiger partial charge is 0.307 e. The fourth-order valence-electron chi connectivity index (χ4n) is 1.11. The van der Waals surface area contributed by atoms with E-state index < -0.39 is 0 Å². The van der Waals surface area contributed by atoms with E-state index >= 15 is 0 Å². The summed E-state index contributed by atoms with van der Waals surface area (Å²) in [5.41, 5.74) is 2.61. The molecule has 0 saturated carbocycles. The Balaban J connectivity index is 2.43. The molecule has 0 aliphatic heterocycles. The van der Waals surface area contributed by atoms with Gasteiger partial charge in [-0.25, -0.2) is 0 Å². The Morgan fingerprint density at radius 1 is 1.64 bits per heavy atom. The van der Waals surface area contributed by atoms with Crippen molar-refractivity contribution >= 4 is 22.9 Å². The maximum atomic E-state index is 5.87. The molecule has 0 fully saturated rings. The topological polar surface area (TPSA) is 12.0 Å². The van der Waals surface area contributed by atoms with Crippen LogP contribution in [-0.4, -0.2) is 6.54 Å². The standard InChI is InChI=1S/C11H16ClNS/c1-8(2)4-5-13-9(3)10-6-11(12)14-7-10/h4,6-7,9,13H,5H2,1-3H3. The van der Waals surface area contributed by atoms with E-state index in [1.807, 2.05) is 6.07 Å². The lowest BCUT2D eigenvalue weighted by Gasteiger charge is -2.10. The summed E-state index contributed by atoms with van der Waals surface area (Å²) in [6.45, 7) is 7.27. The Morgan fingerprint density at radius 3 is 2.86 bits per heavy atom. The van der Waals surface area contributed by atoms with Crippen LogP contribution in [0.5, 0.6) is 0 Å². The molecule has 78 valence electrons. The van der Waals surface area contributed by atoms with Crippen LogP contribution in [0.25, 0.3) is 0 Å². The predicted octanol–water partition coefficient (Wildman–Crippen LogP) is 4.02. The number of thiophene rings is 1. The van der Waals surface area contributed by atoms with Crippen LogP contribution in [0, 0.1) is 0 Å². The fraction of sp³-hybridized carbons (Fsp3) is 0.455. The van der Waals surface area contributed by atoms with Crippen LogP contribution in [0.4, 0.5) is 0 Å². The first-order valence-electron chi connectivity index (χ1n) is 4.70. The van der Waals surface area contributed by atoms with Gasteiger partial charge in [-0.3, -0.25) is 0 Å². The zero-order chi connectivity index (χ0) is 10.6. The molecule has 0 aromatic carbocycles. The molecule has 0 radical (unpaired) electrons. The van der Waals surface area contributed by atoms with Gasteiger partial charge < -0.3 is 5.32 Å². The third kappa shape index (κ3) is 3.82. The van der Waals surface area contributed by atoms with Crippen molar-refractivity contribution in [1.29, 1.82) is 0 Å². The minimum absolute atomic E-state index is 0.370. The highest BCUT2D eigenvalue weighted by Crippen LogP contribution is 2.24. The quantitative estimate of drug-likeness (QED) is 0.770. The van der Waals surface area contributed by atoms with Gasteiger partial charge in [0.15, 0.2) is 0 Å². The highest BCUT2D eigenvalue weighted by Gasteiger charge is 2.05. The van der Waals surface area contributed by atoms with Crippen LogP contribution in [0.3, 0.4) is 0 Å². The van der Waals surface area contributed by atoms with Gasteiger partial charge in [-0.2, -0.15) is 0 Å². The molecule has 0 spiro atoms. The molecule has 1 nitrogen and oxygen atoms in total. The van der Waals surface area contributed by atoms with Gasteiger partial charge in [0.2, 0.25) is 0 Å². The SMILES string of the molecule is CC(C)=CCNC(C)c1csc(Cl)c1. The molecule has 1 aromatic heterocycles. The predicted molar refractivity (Wildman–Crippen MR) is 65.2 cm³/mol. The minimum Gasteiger partial charge on any atom is -0.307 e. The molecule has 0 aliphatic carbocycles. The maximum Gasteiger partial charge on any atom is 0.0931 e. The van der Waals surface area contributed by atoms with Gasteiger partial charge in [-0.15, -0.1) is 11.3 Å². The molecule has 0 saturated heterocycles. The number of halogens is 1. The average molecular weight is 230 g/mol. The fourth-order valence-corrected chi connectivity index (χ4v) is 2.09. The van der Waals surface area contributed by atoms with Crippen molar-refractivity contribution in [3.63, 3.8) is 0 Å². The molecule has 1 atom stereocenters. The van der Waals surface area contributed by atoms with Gasteiger partial charge >= 0.3 is 0 Å². The normalized spacial score (nSPS) is 12.6. The summed E-state index contributed by atoms with van der Waals surface area (Å²) in [6, 6.07) is 2.39. The number of nitrogens with one attached hydrogen (secondary N) is 1. The van der Waals surface area contributed by atoms with Gasteiger partial charge in [0.25, 0.3) is 0 Å². The van der Waals surface area contributed by atoms with Crippen molar-refractivity contribution in [2.75, 3.05) is 6.54 Å². The van der Waals surface area contributed by atoms with Crippen LogP contribution in [0.15, 0.2) is 23.1 Å². The zero-order valence-corrected chi connectivity index (χ0v) is 10.4. The molecule has 1 unspecified atom stereocenters. The van der Waals surface area contributed by atoms with Crippen LogP contribution in [-0.2, 0) is 0 Å². The van der Waals surface area contributed by atoms with Gasteiger partial charge in [-0.05, 0) is 37.8 Å². The molecule has 1 aromatic rings. The number of hydrogen-bond donors (Lipinski definition) is 1. The Labute approximate surface area is 94.8 Å². The van der Waals surface area contributed by atoms with E-state index in [0.717, 1.165) is 10.9 Å². The monoisotopic (exact) mass is 229 g/mol. The summed E-state index contributed by atoms with van der Waals surface area (Å²) < 4.78 is 0.857. The van der Waals surface area contributed by atoms with E-state index in [1.165, 1.54) is 11.1 Å². The van der Waals surface area contributed by atoms with Crippen molar-refractivity contribution in [1.82, 2.24) is 5.32 Å². The average Bonchev–Trinajstić information content (AvgIpc) is 2.51. The zero-order valence-electron chi connectivity index (χ0n) is 8.80. The molecule has 0 aliphatic rings. The molecule has 0 amide bonds. The third-order valence-electron chi connectivity index (χ3n) is 2.02. The molecular weight excluding hydrogens is 214 g/mol. The van der Waals surface area contributed by atoms with Gasteiger partial charge in [-0.1, -0.05) is 23.3 Å². The van der Waals surface area contributed by atoms with E-state index in [4.69, 9.17) is 11.6 Å². The smallest absolute Gasteiger partial charge is 0.0931 e. The van der Waals surface area contributed by atoms with Crippen molar-refractivity contribution in [3.8, 4) is 0 Å². The first-order chi connectivity index (χ1) is 6.59. The molecular formula is C11H16ClNS. The van der Waals surface area contributed by atoms with E-state index in [9.17, 15) is 0 Å². The third-order valence-corrected chi connectivity index (χ3v) is 3.13. The van der Waals surface area contributed by atoms with E-state index in [2.05, 4.69) is 37.5 Å².